The van der Waals surface area contributed by atoms with Crippen molar-refractivity contribution in [2.45, 2.75) is 32.9 Å². The van der Waals surface area contributed by atoms with E-state index < -0.39 is 0 Å². The molecule has 0 spiro atoms. The number of rotatable bonds is 4. The van der Waals surface area contributed by atoms with Crippen LogP contribution >= 0.6 is 0 Å². The van der Waals surface area contributed by atoms with Crippen molar-refractivity contribution < 1.29 is 9.21 Å². The molecule has 1 N–H and O–H groups in total. The van der Waals surface area contributed by atoms with Crippen molar-refractivity contribution in [1.82, 2.24) is 15.1 Å². The van der Waals surface area contributed by atoms with Gasteiger partial charge in [-0.3, -0.25) is 9.59 Å². The van der Waals surface area contributed by atoms with Gasteiger partial charge in [0.25, 0.3) is 11.5 Å². The summed E-state index contributed by atoms with van der Waals surface area (Å²) in [5.74, 6) is 0.314. The molecule has 0 radical (unpaired) electrons. The number of amides is 1. The number of nitrogens with zero attached hydrogens (tertiary/aromatic N) is 2. The molecule has 2 aromatic carbocycles. The molecule has 0 saturated heterocycles. The van der Waals surface area contributed by atoms with Gasteiger partial charge in [0.2, 0.25) is 0 Å². The monoisotopic (exact) mass is 375 g/mol. The molecule has 4 aromatic rings. The maximum atomic E-state index is 13.0. The fourth-order valence-electron chi connectivity index (χ4n) is 3.28. The van der Waals surface area contributed by atoms with E-state index in [1.165, 1.54) is 4.68 Å². The summed E-state index contributed by atoms with van der Waals surface area (Å²) in [5, 5.41) is 9.29. The molecule has 142 valence electrons. The van der Waals surface area contributed by atoms with Crippen molar-refractivity contribution in [2.24, 2.45) is 0 Å². The predicted molar refractivity (Wildman–Crippen MR) is 108 cm³/mol. The zero-order valence-electron chi connectivity index (χ0n) is 16.0. The van der Waals surface area contributed by atoms with Crippen LogP contribution in [0, 0.1) is 0 Å². The topological polar surface area (TPSA) is 77.1 Å². The molecule has 4 rings (SSSR count). The number of hydrogen-bond acceptors (Lipinski definition) is 4. The van der Waals surface area contributed by atoms with Crippen LogP contribution in [0.1, 0.15) is 49.1 Å². The minimum atomic E-state index is -0.349. The zero-order chi connectivity index (χ0) is 19.8. The molecule has 1 unspecified atom stereocenters. The molecule has 0 aliphatic carbocycles. The van der Waals surface area contributed by atoms with Gasteiger partial charge in [-0.2, -0.15) is 5.10 Å². The number of carbonyl (C=O) groups is 1. The van der Waals surface area contributed by atoms with E-state index in [0.29, 0.717) is 16.5 Å². The van der Waals surface area contributed by atoms with E-state index in [4.69, 9.17) is 4.42 Å². The fourth-order valence-corrected chi connectivity index (χ4v) is 3.28. The van der Waals surface area contributed by atoms with Gasteiger partial charge in [-0.15, -0.1) is 0 Å². The van der Waals surface area contributed by atoms with Crippen molar-refractivity contribution >= 4 is 27.6 Å². The molecule has 28 heavy (non-hydrogen) atoms. The summed E-state index contributed by atoms with van der Waals surface area (Å²) in [7, 11) is 0. The van der Waals surface area contributed by atoms with Crippen molar-refractivity contribution in [1.29, 1.82) is 0 Å². The second-order valence-corrected chi connectivity index (χ2v) is 7.12. The third-order valence-corrected chi connectivity index (χ3v) is 4.75. The fraction of sp³-hybridized carbons (Fsp3) is 0.227. The first-order chi connectivity index (χ1) is 13.5. The summed E-state index contributed by atoms with van der Waals surface area (Å²) in [6.07, 6.45) is 0. The molecular formula is C22H21N3O3. The van der Waals surface area contributed by atoms with Gasteiger partial charge in [0.05, 0.1) is 17.5 Å². The smallest absolute Gasteiger partial charge is 0.274 e. The molecule has 0 saturated carbocycles. The Kier molecular flexibility index (Phi) is 4.47. The number of fused-ring (bicyclic) bond motifs is 2. The number of furan rings is 1. The number of hydrogen-bond donors (Lipinski definition) is 1. The lowest BCUT2D eigenvalue weighted by atomic mass is 10.1. The van der Waals surface area contributed by atoms with Crippen LogP contribution in [0.3, 0.4) is 0 Å². The van der Waals surface area contributed by atoms with Gasteiger partial charge in [0.15, 0.2) is 5.69 Å². The lowest BCUT2D eigenvalue weighted by Gasteiger charge is -2.15. The van der Waals surface area contributed by atoms with Gasteiger partial charge >= 0.3 is 0 Å². The van der Waals surface area contributed by atoms with Gasteiger partial charge in [-0.05, 0) is 39.0 Å². The molecule has 1 atom stereocenters. The Labute approximate surface area is 161 Å². The lowest BCUT2D eigenvalue weighted by molar-refractivity contribution is 0.0930. The van der Waals surface area contributed by atoms with Gasteiger partial charge in [0.1, 0.15) is 11.3 Å². The Morgan fingerprint density at radius 3 is 2.43 bits per heavy atom. The number of aromatic nitrogens is 2. The molecule has 6 heteroatoms. The third kappa shape index (κ3) is 3.07. The van der Waals surface area contributed by atoms with E-state index >= 15 is 0 Å². The van der Waals surface area contributed by atoms with Crippen LogP contribution in [0.25, 0.3) is 21.7 Å². The molecule has 1 amide bonds. The Bertz CT molecular complexity index is 1200. The lowest BCUT2D eigenvalue weighted by Crippen LogP contribution is -2.32. The first kappa shape index (κ1) is 18.0. The molecule has 0 aliphatic heterocycles. The van der Waals surface area contributed by atoms with Crippen LogP contribution < -0.4 is 10.9 Å². The Balaban J connectivity index is 1.72. The Hall–Kier alpha value is -3.41. The summed E-state index contributed by atoms with van der Waals surface area (Å²) < 4.78 is 7.20. The van der Waals surface area contributed by atoms with Crippen LogP contribution in [0.15, 0.2) is 63.8 Å². The third-order valence-electron chi connectivity index (χ3n) is 4.75. The van der Waals surface area contributed by atoms with E-state index in [1.54, 1.807) is 24.3 Å². The average Bonchev–Trinajstić information content (AvgIpc) is 3.12. The molecule has 0 fully saturated rings. The predicted octanol–water partition coefficient (Wildman–Crippen LogP) is 4.21. The summed E-state index contributed by atoms with van der Waals surface area (Å²) in [4.78, 5) is 25.7. The highest BCUT2D eigenvalue weighted by atomic mass is 16.3. The van der Waals surface area contributed by atoms with E-state index in [2.05, 4.69) is 10.4 Å². The second kappa shape index (κ2) is 6.96. The van der Waals surface area contributed by atoms with E-state index in [1.807, 2.05) is 51.1 Å². The quantitative estimate of drug-likeness (QED) is 0.579. The van der Waals surface area contributed by atoms with Crippen molar-refractivity contribution in [3.63, 3.8) is 0 Å². The van der Waals surface area contributed by atoms with Crippen LogP contribution in [0.2, 0.25) is 0 Å². The zero-order valence-corrected chi connectivity index (χ0v) is 16.0. The molecule has 0 bridgehead atoms. The van der Waals surface area contributed by atoms with Crippen LogP contribution in [-0.2, 0) is 0 Å². The van der Waals surface area contributed by atoms with Crippen molar-refractivity contribution in [3.05, 3.63) is 76.4 Å². The summed E-state index contributed by atoms with van der Waals surface area (Å²) in [6.45, 7) is 5.58. The SMILES string of the molecule is CC(NC(=O)c1nn(C(C)C)c(=O)c2ccccc12)c1cc2ccccc2o1. The van der Waals surface area contributed by atoms with E-state index in [0.717, 1.165) is 11.0 Å². The highest BCUT2D eigenvalue weighted by Gasteiger charge is 2.21. The largest absolute Gasteiger partial charge is 0.459 e. The first-order valence-electron chi connectivity index (χ1n) is 9.26. The van der Waals surface area contributed by atoms with Crippen LogP contribution in [0.5, 0.6) is 0 Å². The summed E-state index contributed by atoms with van der Waals surface area (Å²) >= 11 is 0. The minimum Gasteiger partial charge on any atom is -0.459 e. The standard InChI is InChI=1S/C22H21N3O3/c1-13(2)25-22(27)17-10-6-5-9-16(17)20(24-25)21(26)23-14(3)19-12-15-8-4-7-11-18(15)28-19/h4-14H,1-3H3,(H,23,26). The Morgan fingerprint density at radius 2 is 1.71 bits per heavy atom. The maximum absolute atomic E-state index is 13.0. The molecule has 6 nitrogen and oxygen atoms in total. The molecule has 0 aliphatic rings. The number of nitrogens with one attached hydrogen (secondary N) is 1. The Morgan fingerprint density at radius 1 is 1.04 bits per heavy atom. The van der Waals surface area contributed by atoms with Crippen LogP contribution in [0.4, 0.5) is 0 Å². The van der Waals surface area contributed by atoms with Gasteiger partial charge in [-0.25, -0.2) is 4.68 Å². The highest BCUT2D eigenvalue weighted by Crippen LogP contribution is 2.24. The van der Waals surface area contributed by atoms with Gasteiger partial charge in [0, 0.05) is 10.8 Å². The van der Waals surface area contributed by atoms with E-state index in [-0.39, 0.29) is 29.2 Å². The number of para-hydroxylation sites is 1. The minimum absolute atomic E-state index is 0.156. The summed E-state index contributed by atoms with van der Waals surface area (Å²) in [5.41, 5.74) is 0.801. The highest BCUT2D eigenvalue weighted by molar-refractivity contribution is 6.04. The summed E-state index contributed by atoms with van der Waals surface area (Å²) in [6, 6.07) is 16.2. The molecule has 2 heterocycles. The van der Waals surface area contributed by atoms with Crippen LogP contribution in [-0.4, -0.2) is 15.7 Å². The van der Waals surface area contributed by atoms with Gasteiger partial charge < -0.3 is 9.73 Å². The number of carbonyl (C=O) groups excluding carboxylic acids is 1. The molecule has 2 aromatic heterocycles. The average molecular weight is 375 g/mol. The van der Waals surface area contributed by atoms with Gasteiger partial charge in [-0.1, -0.05) is 36.4 Å². The number of benzene rings is 2. The van der Waals surface area contributed by atoms with E-state index in [9.17, 15) is 9.59 Å². The maximum Gasteiger partial charge on any atom is 0.274 e. The second-order valence-electron chi connectivity index (χ2n) is 7.12. The van der Waals surface area contributed by atoms with Crippen molar-refractivity contribution in [2.75, 3.05) is 0 Å². The molecular weight excluding hydrogens is 354 g/mol. The van der Waals surface area contributed by atoms with Crippen molar-refractivity contribution in [3.8, 4) is 0 Å². The first-order valence-corrected chi connectivity index (χ1v) is 9.26. The normalized spacial score (nSPS) is 12.6.